The van der Waals surface area contributed by atoms with Crippen molar-refractivity contribution >= 4 is 5.91 Å². The van der Waals surface area contributed by atoms with E-state index in [2.05, 4.69) is 11.0 Å². The molecule has 0 spiro atoms. The molecule has 1 amide bonds. The van der Waals surface area contributed by atoms with E-state index in [1.165, 1.54) is 12.1 Å². The molecule has 1 aromatic carbocycles. The molecule has 1 aliphatic heterocycles. The first-order chi connectivity index (χ1) is 15.3. The van der Waals surface area contributed by atoms with E-state index in [1.807, 2.05) is 0 Å². The number of piperazine rings is 1. The lowest BCUT2D eigenvalue weighted by atomic mass is 10.1. The Balaban J connectivity index is 1.42. The van der Waals surface area contributed by atoms with Gasteiger partial charge in [-0.15, -0.1) is 0 Å². The summed E-state index contributed by atoms with van der Waals surface area (Å²) < 4.78 is 45.6. The van der Waals surface area contributed by atoms with Crippen molar-refractivity contribution in [1.29, 1.82) is 5.26 Å². The zero-order chi connectivity index (χ0) is 22.9. The first-order valence-corrected chi connectivity index (χ1v) is 10.1. The molecule has 3 heterocycles. The van der Waals surface area contributed by atoms with Crippen LogP contribution in [0.4, 0.5) is 13.2 Å². The summed E-state index contributed by atoms with van der Waals surface area (Å²) in [5.74, 6) is 0.456. The molecular formula is C23H21F3N4O2. The summed E-state index contributed by atoms with van der Waals surface area (Å²) in [6.07, 6.45) is -0.861. The summed E-state index contributed by atoms with van der Waals surface area (Å²) in [5, 5.41) is 9.66. The monoisotopic (exact) mass is 442 g/mol. The number of benzene rings is 1. The van der Waals surface area contributed by atoms with Crippen LogP contribution in [-0.2, 0) is 12.7 Å². The highest BCUT2D eigenvalue weighted by Gasteiger charge is 2.31. The Morgan fingerprint density at radius 2 is 1.72 bits per heavy atom. The van der Waals surface area contributed by atoms with Gasteiger partial charge in [0.05, 0.1) is 5.56 Å². The normalized spacial score (nSPS) is 15.0. The standard InChI is InChI=1S/C23H21F3N4O2/c1-16-20(19(14-27)22(32-16)30-8-2-3-9-30)21(31)29-12-10-28(11-13-29)15-17-4-6-18(7-5-17)23(24,25)26/h2-9H,10-13,15H2,1H3. The molecular weight excluding hydrogens is 421 g/mol. The van der Waals surface area contributed by atoms with Crippen molar-refractivity contribution in [3.8, 4) is 12.0 Å². The Morgan fingerprint density at radius 1 is 1.09 bits per heavy atom. The van der Waals surface area contributed by atoms with Crippen LogP contribution in [0.25, 0.3) is 5.88 Å². The van der Waals surface area contributed by atoms with Gasteiger partial charge in [0.25, 0.3) is 5.91 Å². The molecule has 0 N–H and O–H groups in total. The van der Waals surface area contributed by atoms with Gasteiger partial charge >= 0.3 is 6.18 Å². The lowest BCUT2D eigenvalue weighted by molar-refractivity contribution is -0.137. The van der Waals surface area contributed by atoms with E-state index in [9.17, 15) is 23.2 Å². The molecule has 2 aromatic heterocycles. The van der Waals surface area contributed by atoms with E-state index in [-0.39, 0.29) is 17.0 Å². The lowest BCUT2D eigenvalue weighted by Gasteiger charge is -2.34. The van der Waals surface area contributed by atoms with Crippen LogP contribution in [0.3, 0.4) is 0 Å². The number of aromatic nitrogens is 1. The molecule has 1 saturated heterocycles. The third-order valence-electron chi connectivity index (χ3n) is 5.58. The number of nitriles is 1. The van der Waals surface area contributed by atoms with Crippen molar-refractivity contribution in [2.45, 2.75) is 19.6 Å². The molecule has 0 aliphatic carbocycles. The summed E-state index contributed by atoms with van der Waals surface area (Å²) in [4.78, 5) is 16.9. The number of alkyl halides is 3. The van der Waals surface area contributed by atoms with Gasteiger partial charge < -0.3 is 9.32 Å². The first-order valence-electron chi connectivity index (χ1n) is 10.1. The molecule has 6 nitrogen and oxygen atoms in total. The molecule has 32 heavy (non-hydrogen) atoms. The largest absolute Gasteiger partial charge is 0.443 e. The highest BCUT2D eigenvalue weighted by atomic mass is 19.4. The second-order valence-corrected chi connectivity index (χ2v) is 7.68. The third-order valence-corrected chi connectivity index (χ3v) is 5.58. The van der Waals surface area contributed by atoms with Crippen LogP contribution in [0, 0.1) is 18.3 Å². The molecule has 0 atom stereocenters. The Labute approximate surface area is 183 Å². The molecule has 1 fully saturated rings. The Hall–Kier alpha value is -3.51. The number of aryl methyl sites for hydroxylation is 1. The third kappa shape index (κ3) is 4.27. The molecule has 0 saturated carbocycles. The fourth-order valence-electron chi connectivity index (χ4n) is 3.87. The van der Waals surface area contributed by atoms with Gasteiger partial charge in [-0.2, -0.15) is 18.4 Å². The van der Waals surface area contributed by atoms with Crippen LogP contribution in [0.5, 0.6) is 0 Å². The highest BCUT2D eigenvalue weighted by Crippen LogP contribution is 2.30. The summed E-state index contributed by atoms with van der Waals surface area (Å²) in [6.45, 7) is 4.24. The van der Waals surface area contributed by atoms with E-state index in [4.69, 9.17) is 4.42 Å². The molecule has 0 bridgehead atoms. The number of carbonyl (C=O) groups is 1. The van der Waals surface area contributed by atoms with Crippen LogP contribution in [-0.4, -0.2) is 46.5 Å². The fraction of sp³-hybridized carbons (Fsp3) is 0.304. The van der Waals surface area contributed by atoms with Gasteiger partial charge in [0.15, 0.2) is 0 Å². The van der Waals surface area contributed by atoms with Gasteiger partial charge in [0.2, 0.25) is 5.88 Å². The summed E-state index contributed by atoms with van der Waals surface area (Å²) in [5.41, 5.74) is 0.592. The predicted octanol–water partition coefficient (Wildman–Crippen LogP) is 4.23. The van der Waals surface area contributed by atoms with Gasteiger partial charge in [-0.1, -0.05) is 12.1 Å². The summed E-state index contributed by atoms with van der Waals surface area (Å²) in [6, 6.07) is 10.8. The smallest absolute Gasteiger partial charge is 0.416 e. The maximum atomic E-state index is 13.2. The van der Waals surface area contributed by atoms with E-state index in [1.54, 1.807) is 40.9 Å². The minimum atomic E-state index is -4.35. The van der Waals surface area contributed by atoms with Gasteiger partial charge in [0.1, 0.15) is 23.0 Å². The molecule has 9 heteroatoms. The highest BCUT2D eigenvalue weighted by molar-refractivity contribution is 5.98. The SMILES string of the molecule is Cc1oc(-n2cccc2)c(C#N)c1C(=O)N1CCN(Cc2ccc(C(F)(F)F)cc2)CC1. The van der Waals surface area contributed by atoms with Gasteiger partial charge in [-0.3, -0.25) is 14.3 Å². The van der Waals surface area contributed by atoms with Crippen LogP contribution in [0.15, 0.2) is 53.2 Å². The Morgan fingerprint density at radius 3 is 2.28 bits per heavy atom. The minimum absolute atomic E-state index is 0.205. The Kier molecular flexibility index (Phi) is 5.80. The first kappa shape index (κ1) is 21.7. The van der Waals surface area contributed by atoms with Gasteiger partial charge in [-0.05, 0) is 36.8 Å². The molecule has 0 radical (unpaired) electrons. The molecule has 0 unspecified atom stereocenters. The fourth-order valence-corrected chi connectivity index (χ4v) is 3.87. The van der Waals surface area contributed by atoms with Crippen molar-refractivity contribution in [3.05, 3.63) is 76.8 Å². The van der Waals surface area contributed by atoms with E-state index in [0.29, 0.717) is 44.4 Å². The van der Waals surface area contributed by atoms with Crippen LogP contribution in [0.2, 0.25) is 0 Å². The van der Waals surface area contributed by atoms with Crippen molar-refractivity contribution < 1.29 is 22.4 Å². The number of halogens is 3. The number of carbonyl (C=O) groups excluding carboxylic acids is 1. The van der Waals surface area contributed by atoms with Crippen LogP contribution >= 0.6 is 0 Å². The molecule has 3 aromatic rings. The predicted molar refractivity (Wildman–Crippen MR) is 110 cm³/mol. The van der Waals surface area contributed by atoms with E-state index in [0.717, 1.165) is 17.7 Å². The number of rotatable bonds is 4. The second-order valence-electron chi connectivity index (χ2n) is 7.68. The van der Waals surface area contributed by atoms with Crippen LogP contribution < -0.4 is 0 Å². The van der Waals surface area contributed by atoms with Crippen molar-refractivity contribution in [1.82, 2.24) is 14.4 Å². The van der Waals surface area contributed by atoms with Gasteiger partial charge in [0, 0.05) is 45.1 Å². The number of hydrogen-bond donors (Lipinski definition) is 0. The maximum Gasteiger partial charge on any atom is 0.416 e. The molecule has 4 rings (SSSR count). The average Bonchev–Trinajstić information content (AvgIpc) is 3.41. The van der Waals surface area contributed by atoms with Crippen molar-refractivity contribution in [3.63, 3.8) is 0 Å². The second kappa shape index (κ2) is 8.55. The molecule has 166 valence electrons. The van der Waals surface area contributed by atoms with Crippen LogP contribution in [0.1, 0.15) is 32.8 Å². The Bertz CT molecular complexity index is 1130. The maximum absolute atomic E-state index is 13.2. The number of furan rings is 1. The van der Waals surface area contributed by atoms with Crippen molar-refractivity contribution in [2.24, 2.45) is 0 Å². The minimum Gasteiger partial charge on any atom is -0.443 e. The molecule has 1 aliphatic rings. The zero-order valence-electron chi connectivity index (χ0n) is 17.4. The van der Waals surface area contributed by atoms with E-state index >= 15 is 0 Å². The number of amides is 1. The number of hydrogen-bond acceptors (Lipinski definition) is 4. The average molecular weight is 442 g/mol. The van der Waals surface area contributed by atoms with E-state index < -0.39 is 11.7 Å². The summed E-state index contributed by atoms with van der Waals surface area (Å²) in [7, 11) is 0. The van der Waals surface area contributed by atoms with Crippen molar-refractivity contribution in [2.75, 3.05) is 26.2 Å². The quantitative estimate of drug-likeness (QED) is 0.607. The number of nitrogens with zero attached hydrogens (tertiary/aromatic N) is 4. The zero-order valence-corrected chi connectivity index (χ0v) is 17.4. The topological polar surface area (TPSA) is 65.4 Å². The lowest BCUT2D eigenvalue weighted by Crippen LogP contribution is -2.48. The summed E-state index contributed by atoms with van der Waals surface area (Å²) >= 11 is 0. The van der Waals surface area contributed by atoms with Gasteiger partial charge in [-0.25, -0.2) is 0 Å².